The Morgan fingerprint density at radius 2 is 1.84 bits per heavy atom. The fourth-order valence-electron chi connectivity index (χ4n) is 7.39. The van der Waals surface area contributed by atoms with Gasteiger partial charge in [-0.25, -0.2) is 0 Å². The molecule has 4 saturated carbocycles. The lowest BCUT2D eigenvalue weighted by Crippen LogP contribution is -2.57. The second kappa shape index (κ2) is 5.65. The number of hydrogen-bond donors (Lipinski definition) is 0. The predicted molar refractivity (Wildman–Crippen MR) is 92.6 cm³/mol. The van der Waals surface area contributed by atoms with Crippen molar-refractivity contribution >= 4 is 17.5 Å². The third kappa shape index (κ3) is 2.28. The zero-order valence-electron chi connectivity index (χ0n) is 15.7. The first-order valence-corrected chi connectivity index (χ1v) is 9.93. The first-order chi connectivity index (χ1) is 11.8. The molecule has 0 bridgehead atoms. The van der Waals surface area contributed by atoms with Crippen LogP contribution in [-0.4, -0.2) is 24.6 Å². The van der Waals surface area contributed by atoms with Gasteiger partial charge in [0.1, 0.15) is 11.6 Å². The Morgan fingerprint density at radius 1 is 1.08 bits per heavy atom. The smallest absolute Gasteiger partial charge is 0.309 e. The number of methoxy groups -OCH3 is 1. The second-order valence-electron chi connectivity index (χ2n) is 9.57. The van der Waals surface area contributed by atoms with Gasteiger partial charge in [0.2, 0.25) is 0 Å². The van der Waals surface area contributed by atoms with Crippen LogP contribution < -0.4 is 0 Å². The molecule has 4 nitrogen and oxygen atoms in total. The van der Waals surface area contributed by atoms with E-state index in [1.165, 1.54) is 7.11 Å². The normalized spacial score (nSPS) is 49.2. The van der Waals surface area contributed by atoms with Crippen molar-refractivity contribution in [3.63, 3.8) is 0 Å². The Bertz CT molecular complexity index is 625. The summed E-state index contributed by atoms with van der Waals surface area (Å²) < 4.78 is 5.05. The van der Waals surface area contributed by atoms with E-state index >= 15 is 0 Å². The number of hydrogen-bond acceptors (Lipinski definition) is 4. The summed E-state index contributed by atoms with van der Waals surface area (Å²) in [6.07, 6.45) is 6.66. The van der Waals surface area contributed by atoms with Crippen LogP contribution in [0, 0.1) is 40.4 Å². The van der Waals surface area contributed by atoms with Gasteiger partial charge in [-0.1, -0.05) is 13.8 Å². The summed E-state index contributed by atoms with van der Waals surface area (Å²) in [5.74, 6) is 1.74. The highest BCUT2D eigenvalue weighted by molar-refractivity contribution is 5.87. The highest BCUT2D eigenvalue weighted by atomic mass is 16.5. The summed E-state index contributed by atoms with van der Waals surface area (Å²) in [6.45, 7) is 4.42. The highest BCUT2D eigenvalue weighted by Gasteiger charge is 2.64. The highest BCUT2D eigenvalue weighted by Crippen LogP contribution is 2.66. The van der Waals surface area contributed by atoms with Gasteiger partial charge in [0.25, 0.3) is 0 Å². The third-order valence-corrected chi connectivity index (χ3v) is 8.65. The molecule has 0 unspecified atom stereocenters. The maximum atomic E-state index is 13.3. The number of Topliss-reactive ketones (excluding diaryl/α,β-unsaturated/α-hetero) is 2. The molecule has 4 heteroatoms. The number of ketones is 2. The maximum absolute atomic E-state index is 13.3. The van der Waals surface area contributed by atoms with Crippen LogP contribution in [0.4, 0.5) is 0 Å². The summed E-state index contributed by atoms with van der Waals surface area (Å²) in [7, 11) is 1.46. The molecule has 0 saturated heterocycles. The average Bonchev–Trinajstić information content (AvgIpc) is 2.91. The van der Waals surface area contributed by atoms with Gasteiger partial charge in [-0.05, 0) is 60.7 Å². The number of rotatable bonds is 1. The lowest BCUT2D eigenvalue weighted by atomic mass is 9.44. The Morgan fingerprint density at radius 3 is 2.56 bits per heavy atom. The van der Waals surface area contributed by atoms with E-state index in [0.29, 0.717) is 48.6 Å². The largest absolute Gasteiger partial charge is 0.469 e. The van der Waals surface area contributed by atoms with Gasteiger partial charge in [-0.15, -0.1) is 0 Å². The molecule has 4 aliphatic rings. The molecule has 0 amide bonds. The molecule has 0 radical (unpaired) electrons. The molecule has 0 N–H and O–H groups in total. The number of carbonyl (C=O) groups excluding carboxylic acids is 3. The van der Waals surface area contributed by atoms with Crippen molar-refractivity contribution in [3.8, 4) is 0 Å². The second-order valence-corrected chi connectivity index (χ2v) is 9.57. The van der Waals surface area contributed by atoms with Crippen LogP contribution in [0.3, 0.4) is 0 Å². The van der Waals surface area contributed by atoms with Crippen LogP contribution >= 0.6 is 0 Å². The minimum Gasteiger partial charge on any atom is -0.469 e. The van der Waals surface area contributed by atoms with Gasteiger partial charge >= 0.3 is 5.97 Å². The molecule has 0 heterocycles. The van der Waals surface area contributed by atoms with Crippen molar-refractivity contribution in [3.05, 3.63) is 0 Å². The minimum atomic E-state index is -0.237. The number of fused-ring (bicyclic) bond motifs is 5. The van der Waals surface area contributed by atoms with E-state index in [-0.39, 0.29) is 28.6 Å². The van der Waals surface area contributed by atoms with Crippen molar-refractivity contribution in [2.24, 2.45) is 40.4 Å². The molecule has 0 aromatic rings. The topological polar surface area (TPSA) is 60.4 Å². The molecule has 4 rings (SSSR count). The van der Waals surface area contributed by atoms with Gasteiger partial charge in [-0.2, -0.15) is 0 Å². The minimum absolute atomic E-state index is 0.0153. The van der Waals surface area contributed by atoms with Crippen LogP contribution in [0.1, 0.15) is 65.2 Å². The lowest BCUT2D eigenvalue weighted by Gasteiger charge is -2.59. The molecule has 7 atom stereocenters. The van der Waals surface area contributed by atoms with Crippen LogP contribution in [0.15, 0.2) is 0 Å². The van der Waals surface area contributed by atoms with E-state index in [0.717, 1.165) is 32.1 Å². The Hall–Kier alpha value is -1.19. The third-order valence-electron chi connectivity index (χ3n) is 8.65. The van der Waals surface area contributed by atoms with Crippen LogP contribution in [-0.2, 0) is 19.1 Å². The van der Waals surface area contributed by atoms with E-state index in [1.54, 1.807) is 0 Å². The first-order valence-electron chi connectivity index (χ1n) is 9.93. The van der Waals surface area contributed by atoms with Crippen LogP contribution in [0.25, 0.3) is 0 Å². The molecule has 4 aliphatic carbocycles. The van der Waals surface area contributed by atoms with E-state index in [1.807, 2.05) is 0 Å². The SMILES string of the molecule is COC(=O)[C@H]1CC[C@H]2[C@@H]3CC[C@H]4CC(=O)CC[C@]4(C)[C@H]3C(=O)C[C@]12C. The first kappa shape index (κ1) is 17.2. The van der Waals surface area contributed by atoms with E-state index in [4.69, 9.17) is 4.74 Å². The van der Waals surface area contributed by atoms with Crippen molar-refractivity contribution in [1.29, 1.82) is 0 Å². The number of carbonyl (C=O) groups is 3. The summed E-state index contributed by atoms with van der Waals surface area (Å²) >= 11 is 0. The molecule has 0 spiro atoms. The Labute approximate surface area is 150 Å². The Kier molecular flexibility index (Phi) is 3.90. The van der Waals surface area contributed by atoms with E-state index in [9.17, 15) is 14.4 Å². The molecular weight excluding hydrogens is 316 g/mol. The quantitative estimate of drug-likeness (QED) is 0.681. The van der Waals surface area contributed by atoms with Crippen molar-refractivity contribution in [1.82, 2.24) is 0 Å². The molecule has 4 fully saturated rings. The fourth-order valence-corrected chi connectivity index (χ4v) is 7.39. The summed E-state index contributed by atoms with van der Waals surface area (Å²) in [4.78, 5) is 37.6. The number of ether oxygens (including phenoxy) is 1. The van der Waals surface area contributed by atoms with Gasteiger partial charge in [-0.3, -0.25) is 14.4 Å². The van der Waals surface area contributed by atoms with E-state index < -0.39 is 0 Å². The zero-order valence-corrected chi connectivity index (χ0v) is 15.7. The molecule has 25 heavy (non-hydrogen) atoms. The fraction of sp³-hybridized carbons (Fsp3) is 0.857. The summed E-state index contributed by atoms with van der Waals surface area (Å²) in [5.41, 5.74) is -0.252. The van der Waals surface area contributed by atoms with Crippen LogP contribution in [0.5, 0.6) is 0 Å². The molecule has 138 valence electrons. The molecule has 0 aliphatic heterocycles. The summed E-state index contributed by atoms with van der Waals surface area (Å²) in [5, 5.41) is 0. The average molecular weight is 346 g/mol. The molecular formula is C21H30O4. The maximum Gasteiger partial charge on any atom is 0.309 e. The van der Waals surface area contributed by atoms with Gasteiger partial charge < -0.3 is 4.74 Å². The van der Waals surface area contributed by atoms with Gasteiger partial charge in [0.05, 0.1) is 13.0 Å². The summed E-state index contributed by atoms with van der Waals surface area (Å²) in [6, 6.07) is 0. The predicted octanol–water partition coefficient (Wildman–Crippen LogP) is 3.57. The lowest BCUT2D eigenvalue weighted by molar-refractivity contribution is -0.165. The van der Waals surface area contributed by atoms with Gasteiger partial charge in [0.15, 0.2) is 0 Å². The van der Waals surface area contributed by atoms with Crippen molar-refractivity contribution < 1.29 is 19.1 Å². The molecule has 0 aromatic carbocycles. The van der Waals surface area contributed by atoms with Crippen LogP contribution in [0.2, 0.25) is 0 Å². The van der Waals surface area contributed by atoms with Crippen molar-refractivity contribution in [2.75, 3.05) is 7.11 Å². The monoisotopic (exact) mass is 346 g/mol. The Balaban J connectivity index is 1.67. The standard InChI is InChI=1S/C21H30O4/c1-20-9-8-13(22)10-12(20)4-5-14-15-6-7-16(19(24)25-3)21(15,2)11-17(23)18(14)20/h12,14-16,18H,4-11H2,1-3H3/t12-,14-,15-,16+,18+,20-,21-/m0/s1. The zero-order chi connectivity index (χ0) is 18.0. The van der Waals surface area contributed by atoms with Gasteiger partial charge in [0, 0.05) is 25.2 Å². The molecule has 0 aromatic heterocycles. The number of esters is 1. The van der Waals surface area contributed by atoms with E-state index in [2.05, 4.69) is 13.8 Å². The van der Waals surface area contributed by atoms with Crippen molar-refractivity contribution in [2.45, 2.75) is 65.2 Å².